The normalized spacial score (nSPS) is 20.0. The number of hydrogen-bond donors (Lipinski definition) is 0. The van der Waals surface area contributed by atoms with E-state index in [2.05, 4.69) is 18.0 Å². The van der Waals surface area contributed by atoms with Crippen molar-refractivity contribution >= 4 is 5.82 Å². The molecule has 0 atom stereocenters. The Labute approximate surface area is 107 Å². The summed E-state index contributed by atoms with van der Waals surface area (Å²) in [6, 6.07) is 2.07. The van der Waals surface area contributed by atoms with Crippen molar-refractivity contribution in [3.8, 4) is 5.75 Å². The lowest BCUT2D eigenvalue weighted by molar-refractivity contribution is -0.0487. The van der Waals surface area contributed by atoms with E-state index in [-0.39, 0.29) is 6.29 Å². The van der Waals surface area contributed by atoms with Crippen LogP contribution in [0.3, 0.4) is 0 Å². The van der Waals surface area contributed by atoms with Crippen LogP contribution in [0.5, 0.6) is 5.75 Å². The first kappa shape index (κ1) is 11.7. The molecule has 0 aromatic carbocycles. The van der Waals surface area contributed by atoms with Crippen LogP contribution >= 0.6 is 0 Å². The summed E-state index contributed by atoms with van der Waals surface area (Å²) < 4.78 is 16.5. The number of pyridine rings is 1. The van der Waals surface area contributed by atoms with Gasteiger partial charge in [-0.3, -0.25) is 0 Å². The third kappa shape index (κ3) is 1.93. The van der Waals surface area contributed by atoms with E-state index < -0.39 is 0 Å². The van der Waals surface area contributed by atoms with Gasteiger partial charge in [-0.2, -0.15) is 0 Å². The summed E-state index contributed by atoms with van der Waals surface area (Å²) in [6.45, 7) is 2.27. The molecule has 2 aliphatic heterocycles. The minimum atomic E-state index is -0.388. The monoisotopic (exact) mass is 250 g/mol. The van der Waals surface area contributed by atoms with Gasteiger partial charge in [0, 0.05) is 13.6 Å². The lowest BCUT2D eigenvalue weighted by Crippen LogP contribution is -2.26. The molecule has 5 heteroatoms. The molecule has 0 saturated carbocycles. The predicted molar refractivity (Wildman–Crippen MR) is 67.0 cm³/mol. The first-order valence-corrected chi connectivity index (χ1v) is 6.31. The Balaban J connectivity index is 2.03. The Bertz CT molecular complexity index is 444. The molecule has 0 unspecified atom stereocenters. The zero-order valence-corrected chi connectivity index (χ0v) is 10.8. The molecule has 0 radical (unpaired) electrons. The van der Waals surface area contributed by atoms with Crippen molar-refractivity contribution in [3.63, 3.8) is 0 Å². The number of anilines is 1. The van der Waals surface area contributed by atoms with Crippen LogP contribution < -0.4 is 9.64 Å². The predicted octanol–water partition coefficient (Wildman–Crippen LogP) is 1.52. The maximum atomic E-state index is 5.52. The van der Waals surface area contributed by atoms with E-state index in [1.54, 1.807) is 7.11 Å². The summed E-state index contributed by atoms with van der Waals surface area (Å²) in [7, 11) is 3.73. The molecule has 0 amide bonds. The van der Waals surface area contributed by atoms with Gasteiger partial charge < -0.3 is 19.1 Å². The van der Waals surface area contributed by atoms with Gasteiger partial charge >= 0.3 is 0 Å². The van der Waals surface area contributed by atoms with E-state index in [1.807, 2.05) is 0 Å². The third-order valence-electron chi connectivity index (χ3n) is 3.44. The number of ether oxygens (including phenoxy) is 3. The number of aromatic nitrogens is 1. The van der Waals surface area contributed by atoms with Crippen molar-refractivity contribution in [2.75, 3.05) is 38.8 Å². The van der Waals surface area contributed by atoms with Gasteiger partial charge in [0.05, 0.1) is 20.3 Å². The topological polar surface area (TPSA) is 43.8 Å². The largest absolute Gasteiger partial charge is 0.495 e. The van der Waals surface area contributed by atoms with Crippen LogP contribution in [0.2, 0.25) is 0 Å². The molecule has 0 bridgehead atoms. The molecular weight excluding hydrogens is 232 g/mol. The van der Waals surface area contributed by atoms with Gasteiger partial charge in [0.2, 0.25) is 6.29 Å². The van der Waals surface area contributed by atoms with Crippen LogP contribution in [0.25, 0.3) is 0 Å². The molecule has 98 valence electrons. The minimum absolute atomic E-state index is 0.388. The van der Waals surface area contributed by atoms with Gasteiger partial charge in [0.1, 0.15) is 17.3 Å². The van der Waals surface area contributed by atoms with Crippen molar-refractivity contribution in [2.45, 2.75) is 19.1 Å². The Morgan fingerprint density at radius 1 is 1.39 bits per heavy atom. The molecule has 1 aromatic rings. The number of aryl methyl sites for hydroxylation is 1. The lowest BCUT2D eigenvalue weighted by Gasteiger charge is -2.28. The molecule has 18 heavy (non-hydrogen) atoms. The van der Waals surface area contributed by atoms with E-state index in [4.69, 9.17) is 19.2 Å². The first-order chi connectivity index (χ1) is 8.79. The maximum absolute atomic E-state index is 5.52. The molecule has 1 saturated heterocycles. The van der Waals surface area contributed by atoms with E-state index >= 15 is 0 Å². The van der Waals surface area contributed by atoms with E-state index in [0.717, 1.165) is 36.6 Å². The standard InChI is InChI=1S/C13H18N2O3/c1-15-5-3-4-9-8-10(16-2)11(14-12(9)15)13-17-6-7-18-13/h8,13H,3-7H2,1-2H3. The van der Waals surface area contributed by atoms with Crippen LogP contribution in [0.1, 0.15) is 24.0 Å². The Kier molecular flexibility index (Phi) is 3.09. The molecule has 3 heterocycles. The fourth-order valence-corrected chi connectivity index (χ4v) is 2.51. The minimum Gasteiger partial charge on any atom is -0.495 e. The van der Waals surface area contributed by atoms with Crippen molar-refractivity contribution in [1.29, 1.82) is 0 Å². The van der Waals surface area contributed by atoms with Gasteiger partial charge in [-0.15, -0.1) is 0 Å². The summed E-state index contributed by atoms with van der Waals surface area (Å²) in [5.74, 6) is 1.78. The van der Waals surface area contributed by atoms with E-state index in [1.165, 1.54) is 5.56 Å². The smallest absolute Gasteiger partial charge is 0.205 e. The number of fused-ring (bicyclic) bond motifs is 1. The Morgan fingerprint density at radius 3 is 2.89 bits per heavy atom. The lowest BCUT2D eigenvalue weighted by atomic mass is 10.0. The summed E-state index contributed by atoms with van der Waals surface area (Å²) in [6.07, 6.45) is 1.82. The van der Waals surface area contributed by atoms with Crippen LogP contribution in [0.4, 0.5) is 5.82 Å². The molecule has 5 nitrogen and oxygen atoms in total. The summed E-state index contributed by atoms with van der Waals surface area (Å²) in [5.41, 5.74) is 1.99. The zero-order valence-electron chi connectivity index (χ0n) is 10.8. The van der Waals surface area contributed by atoms with Crippen molar-refractivity contribution in [3.05, 3.63) is 17.3 Å². The molecule has 1 fully saturated rings. The highest BCUT2D eigenvalue weighted by Crippen LogP contribution is 2.35. The zero-order chi connectivity index (χ0) is 12.5. The summed E-state index contributed by atoms with van der Waals surface area (Å²) in [4.78, 5) is 6.88. The van der Waals surface area contributed by atoms with Gasteiger partial charge in [-0.05, 0) is 24.5 Å². The van der Waals surface area contributed by atoms with Crippen LogP contribution in [0, 0.1) is 0 Å². The van der Waals surface area contributed by atoms with Crippen molar-refractivity contribution < 1.29 is 14.2 Å². The number of rotatable bonds is 2. The molecular formula is C13H18N2O3. The second-order valence-electron chi connectivity index (χ2n) is 4.66. The van der Waals surface area contributed by atoms with Gasteiger partial charge in [0.15, 0.2) is 0 Å². The van der Waals surface area contributed by atoms with E-state index in [9.17, 15) is 0 Å². The molecule has 2 aliphatic rings. The Morgan fingerprint density at radius 2 is 2.17 bits per heavy atom. The summed E-state index contributed by atoms with van der Waals surface area (Å²) in [5, 5.41) is 0. The fourth-order valence-electron chi connectivity index (χ4n) is 2.51. The first-order valence-electron chi connectivity index (χ1n) is 6.31. The average Bonchev–Trinajstić information content (AvgIpc) is 2.91. The van der Waals surface area contributed by atoms with Crippen LogP contribution in [-0.2, 0) is 15.9 Å². The highest BCUT2D eigenvalue weighted by Gasteiger charge is 2.27. The molecule has 0 N–H and O–H groups in total. The number of nitrogens with zero attached hydrogens (tertiary/aromatic N) is 2. The molecule has 1 aromatic heterocycles. The molecule has 3 rings (SSSR count). The quantitative estimate of drug-likeness (QED) is 0.796. The van der Waals surface area contributed by atoms with Crippen molar-refractivity contribution in [1.82, 2.24) is 4.98 Å². The van der Waals surface area contributed by atoms with Gasteiger partial charge in [-0.1, -0.05) is 0 Å². The van der Waals surface area contributed by atoms with E-state index in [0.29, 0.717) is 13.2 Å². The Hall–Kier alpha value is -1.33. The highest BCUT2D eigenvalue weighted by atomic mass is 16.7. The number of hydrogen-bond acceptors (Lipinski definition) is 5. The SMILES string of the molecule is COc1cc2c(nc1C1OCCO1)N(C)CCC2. The fraction of sp³-hybridized carbons (Fsp3) is 0.615. The summed E-state index contributed by atoms with van der Waals surface area (Å²) >= 11 is 0. The second kappa shape index (κ2) is 4.74. The third-order valence-corrected chi connectivity index (χ3v) is 3.44. The van der Waals surface area contributed by atoms with Gasteiger partial charge in [0.25, 0.3) is 0 Å². The number of methoxy groups -OCH3 is 1. The maximum Gasteiger partial charge on any atom is 0.205 e. The second-order valence-corrected chi connectivity index (χ2v) is 4.66. The van der Waals surface area contributed by atoms with Crippen LogP contribution in [0.15, 0.2) is 6.07 Å². The van der Waals surface area contributed by atoms with Crippen LogP contribution in [-0.4, -0.2) is 38.9 Å². The molecule has 0 spiro atoms. The average molecular weight is 250 g/mol. The highest BCUT2D eigenvalue weighted by molar-refractivity contribution is 5.53. The van der Waals surface area contributed by atoms with Crippen molar-refractivity contribution in [2.24, 2.45) is 0 Å². The van der Waals surface area contributed by atoms with Gasteiger partial charge in [-0.25, -0.2) is 4.98 Å². The molecule has 0 aliphatic carbocycles.